The molecule has 2 rings (SSSR count). The zero-order valence-electron chi connectivity index (χ0n) is 10.8. The Hall–Kier alpha value is -1.75. The number of hydrogen-bond donors (Lipinski definition) is 0. The standard InChI is InChI=1S/C15H11BrF2O2/c1-8-3-4-13(20-2)10(5-8)15(19)14-11(17)6-9(16)7-12(14)18/h3-7H,1-2H3. The molecule has 0 aliphatic rings. The Kier molecular flexibility index (Phi) is 4.18. The van der Waals surface area contributed by atoms with E-state index in [9.17, 15) is 13.6 Å². The number of hydrogen-bond acceptors (Lipinski definition) is 2. The first-order chi connectivity index (χ1) is 9.43. The van der Waals surface area contributed by atoms with Gasteiger partial charge in [0, 0.05) is 4.47 Å². The van der Waals surface area contributed by atoms with Crippen LogP contribution in [0.4, 0.5) is 8.78 Å². The average molecular weight is 341 g/mol. The number of ketones is 1. The Bertz CT molecular complexity index is 661. The summed E-state index contributed by atoms with van der Waals surface area (Å²) in [6.45, 7) is 1.78. The highest BCUT2D eigenvalue weighted by Gasteiger charge is 2.22. The molecular weight excluding hydrogens is 330 g/mol. The molecule has 0 saturated carbocycles. The quantitative estimate of drug-likeness (QED) is 0.779. The molecule has 0 amide bonds. The van der Waals surface area contributed by atoms with Crippen LogP contribution in [0, 0.1) is 18.6 Å². The van der Waals surface area contributed by atoms with E-state index in [-0.39, 0.29) is 15.8 Å². The normalized spacial score (nSPS) is 10.4. The van der Waals surface area contributed by atoms with E-state index in [1.807, 2.05) is 0 Å². The lowest BCUT2D eigenvalue weighted by atomic mass is 9.99. The lowest BCUT2D eigenvalue weighted by Crippen LogP contribution is -2.09. The van der Waals surface area contributed by atoms with Crippen LogP contribution in [0.15, 0.2) is 34.8 Å². The average Bonchev–Trinajstić information content (AvgIpc) is 2.37. The first-order valence-electron chi connectivity index (χ1n) is 5.78. The topological polar surface area (TPSA) is 26.3 Å². The van der Waals surface area contributed by atoms with E-state index < -0.39 is 23.0 Å². The molecule has 0 aromatic heterocycles. The molecule has 0 atom stereocenters. The van der Waals surface area contributed by atoms with Crippen molar-refractivity contribution in [1.82, 2.24) is 0 Å². The van der Waals surface area contributed by atoms with Gasteiger partial charge in [-0.2, -0.15) is 0 Å². The van der Waals surface area contributed by atoms with Crippen LogP contribution in [-0.4, -0.2) is 12.9 Å². The molecule has 0 fully saturated rings. The molecule has 0 aliphatic carbocycles. The number of carbonyl (C=O) groups excluding carboxylic acids is 1. The van der Waals surface area contributed by atoms with E-state index in [1.54, 1.807) is 25.1 Å². The Labute approximate surface area is 123 Å². The smallest absolute Gasteiger partial charge is 0.202 e. The highest BCUT2D eigenvalue weighted by atomic mass is 79.9. The zero-order chi connectivity index (χ0) is 14.9. The Balaban J connectivity index is 2.60. The van der Waals surface area contributed by atoms with Crippen molar-refractivity contribution in [3.8, 4) is 5.75 Å². The van der Waals surface area contributed by atoms with Crippen LogP contribution in [0.2, 0.25) is 0 Å². The van der Waals surface area contributed by atoms with E-state index in [4.69, 9.17) is 4.74 Å². The number of benzene rings is 2. The maximum Gasteiger partial charge on any atom is 0.202 e. The van der Waals surface area contributed by atoms with Crippen molar-refractivity contribution >= 4 is 21.7 Å². The summed E-state index contributed by atoms with van der Waals surface area (Å²) in [5, 5.41) is 0. The molecule has 0 N–H and O–H groups in total. The van der Waals surface area contributed by atoms with Crippen molar-refractivity contribution in [2.24, 2.45) is 0 Å². The fourth-order valence-corrected chi connectivity index (χ4v) is 2.30. The van der Waals surface area contributed by atoms with E-state index in [0.717, 1.165) is 17.7 Å². The predicted molar refractivity (Wildman–Crippen MR) is 75.2 cm³/mol. The summed E-state index contributed by atoms with van der Waals surface area (Å²) < 4.78 is 33.0. The molecule has 2 aromatic carbocycles. The second-order valence-electron chi connectivity index (χ2n) is 4.28. The van der Waals surface area contributed by atoms with Crippen LogP contribution in [-0.2, 0) is 0 Å². The summed E-state index contributed by atoms with van der Waals surface area (Å²) >= 11 is 2.98. The van der Waals surface area contributed by atoms with Gasteiger partial charge in [-0.25, -0.2) is 8.78 Å². The maximum atomic E-state index is 13.9. The lowest BCUT2D eigenvalue weighted by Gasteiger charge is -2.10. The van der Waals surface area contributed by atoms with Gasteiger partial charge in [0.1, 0.15) is 17.4 Å². The minimum atomic E-state index is -0.912. The third kappa shape index (κ3) is 2.72. The summed E-state index contributed by atoms with van der Waals surface area (Å²) in [6, 6.07) is 7.00. The van der Waals surface area contributed by atoms with Crippen molar-refractivity contribution < 1.29 is 18.3 Å². The Morgan fingerprint density at radius 2 is 1.75 bits per heavy atom. The van der Waals surface area contributed by atoms with Gasteiger partial charge in [0.25, 0.3) is 0 Å². The highest BCUT2D eigenvalue weighted by Crippen LogP contribution is 2.27. The number of ether oxygens (including phenoxy) is 1. The zero-order valence-corrected chi connectivity index (χ0v) is 12.4. The number of rotatable bonds is 3. The van der Waals surface area contributed by atoms with Crippen LogP contribution >= 0.6 is 15.9 Å². The molecule has 0 aliphatic heterocycles. The SMILES string of the molecule is COc1ccc(C)cc1C(=O)c1c(F)cc(Br)cc1F. The number of carbonyl (C=O) groups is 1. The molecule has 0 spiro atoms. The van der Waals surface area contributed by atoms with Gasteiger partial charge in [-0.1, -0.05) is 27.6 Å². The molecule has 0 bridgehead atoms. The van der Waals surface area contributed by atoms with Gasteiger partial charge >= 0.3 is 0 Å². The van der Waals surface area contributed by atoms with Crippen LogP contribution in [0.25, 0.3) is 0 Å². The molecule has 0 heterocycles. The summed E-state index contributed by atoms with van der Waals surface area (Å²) in [4.78, 5) is 12.4. The summed E-state index contributed by atoms with van der Waals surface area (Å²) in [5.74, 6) is -2.29. The largest absolute Gasteiger partial charge is 0.496 e. The second-order valence-corrected chi connectivity index (χ2v) is 5.19. The monoisotopic (exact) mass is 340 g/mol. The van der Waals surface area contributed by atoms with E-state index in [1.165, 1.54) is 7.11 Å². The third-order valence-corrected chi connectivity index (χ3v) is 3.29. The van der Waals surface area contributed by atoms with Gasteiger partial charge in [0.15, 0.2) is 0 Å². The summed E-state index contributed by atoms with van der Waals surface area (Å²) in [5.41, 5.74) is 0.344. The number of aryl methyl sites for hydroxylation is 1. The van der Waals surface area contributed by atoms with E-state index in [0.29, 0.717) is 0 Å². The van der Waals surface area contributed by atoms with Crippen molar-refractivity contribution in [1.29, 1.82) is 0 Å². The molecule has 2 aromatic rings. The molecule has 0 unspecified atom stereocenters. The molecular formula is C15H11BrF2O2. The van der Waals surface area contributed by atoms with Gasteiger partial charge in [0.05, 0.1) is 18.2 Å². The van der Waals surface area contributed by atoms with Crippen LogP contribution < -0.4 is 4.74 Å². The second kappa shape index (κ2) is 5.71. The first-order valence-corrected chi connectivity index (χ1v) is 6.57. The molecule has 5 heteroatoms. The van der Waals surface area contributed by atoms with Crippen molar-refractivity contribution in [2.45, 2.75) is 6.92 Å². The van der Waals surface area contributed by atoms with Gasteiger partial charge < -0.3 is 4.74 Å². The van der Waals surface area contributed by atoms with Crippen LogP contribution in [0.5, 0.6) is 5.75 Å². The van der Waals surface area contributed by atoms with Crippen molar-refractivity contribution in [2.75, 3.05) is 7.11 Å². The molecule has 20 heavy (non-hydrogen) atoms. The van der Waals surface area contributed by atoms with Crippen molar-refractivity contribution in [3.63, 3.8) is 0 Å². The summed E-state index contributed by atoms with van der Waals surface area (Å²) in [7, 11) is 1.40. The highest BCUT2D eigenvalue weighted by molar-refractivity contribution is 9.10. The molecule has 0 saturated heterocycles. The van der Waals surface area contributed by atoms with Gasteiger partial charge in [-0.05, 0) is 31.2 Å². The van der Waals surface area contributed by atoms with Crippen LogP contribution in [0.3, 0.4) is 0 Å². The number of halogens is 3. The van der Waals surface area contributed by atoms with Crippen LogP contribution in [0.1, 0.15) is 21.5 Å². The third-order valence-electron chi connectivity index (χ3n) is 2.83. The lowest BCUT2D eigenvalue weighted by molar-refractivity contribution is 0.102. The minimum Gasteiger partial charge on any atom is -0.496 e. The number of methoxy groups -OCH3 is 1. The minimum absolute atomic E-state index is 0.132. The fourth-order valence-electron chi connectivity index (χ4n) is 1.89. The van der Waals surface area contributed by atoms with Crippen molar-refractivity contribution in [3.05, 3.63) is 63.1 Å². The Morgan fingerprint density at radius 3 is 2.30 bits per heavy atom. The Morgan fingerprint density at radius 1 is 1.15 bits per heavy atom. The van der Waals surface area contributed by atoms with E-state index in [2.05, 4.69) is 15.9 Å². The maximum absolute atomic E-state index is 13.9. The van der Waals surface area contributed by atoms with Gasteiger partial charge in [-0.3, -0.25) is 4.79 Å². The molecule has 0 radical (unpaired) electrons. The predicted octanol–water partition coefficient (Wildman–Crippen LogP) is 4.28. The molecule has 104 valence electrons. The first kappa shape index (κ1) is 14.7. The van der Waals surface area contributed by atoms with Gasteiger partial charge in [-0.15, -0.1) is 0 Å². The van der Waals surface area contributed by atoms with Gasteiger partial charge in [0.2, 0.25) is 5.78 Å². The summed E-state index contributed by atoms with van der Waals surface area (Å²) in [6.07, 6.45) is 0. The van der Waals surface area contributed by atoms with E-state index >= 15 is 0 Å². The fraction of sp³-hybridized carbons (Fsp3) is 0.133. The molecule has 2 nitrogen and oxygen atoms in total.